The van der Waals surface area contributed by atoms with Crippen molar-refractivity contribution in [3.05, 3.63) is 29.3 Å². The number of hydrogen-bond acceptors (Lipinski definition) is 4. The van der Waals surface area contributed by atoms with Crippen molar-refractivity contribution in [3.8, 4) is 0 Å². The van der Waals surface area contributed by atoms with E-state index in [0.29, 0.717) is 5.17 Å². The molecule has 0 bridgehead atoms. The molecule has 1 aromatic carbocycles. The number of thioether (sulfide) groups is 1. The summed E-state index contributed by atoms with van der Waals surface area (Å²) in [7, 11) is -3.03. The summed E-state index contributed by atoms with van der Waals surface area (Å²) in [4.78, 5) is 18.6. The minimum absolute atomic E-state index is 0.0411. The van der Waals surface area contributed by atoms with Gasteiger partial charge in [-0.05, 0) is 43.9 Å². The summed E-state index contributed by atoms with van der Waals surface area (Å²) < 4.78 is 24.1. The number of amidine groups is 1. The van der Waals surface area contributed by atoms with Crippen LogP contribution in [0.4, 0.5) is 5.69 Å². The number of fused-ring (bicyclic) bond motifs is 1. The molecule has 5 nitrogen and oxygen atoms in total. The Hall–Kier alpha value is -1.34. The first kappa shape index (κ1) is 16.1. The molecule has 4 rings (SSSR count). The van der Waals surface area contributed by atoms with Crippen LogP contribution in [0.1, 0.15) is 24.0 Å². The zero-order chi connectivity index (χ0) is 17.1. The van der Waals surface area contributed by atoms with Crippen LogP contribution in [0, 0.1) is 19.8 Å². The van der Waals surface area contributed by atoms with Crippen LogP contribution in [0.3, 0.4) is 0 Å². The average Bonchev–Trinajstić information content (AvgIpc) is 3.24. The Morgan fingerprint density at radius 1 is 1.25 bits per heavy atom. The van der Waals surface area contributed by atoms with Gasteiger partial charge < -0.3 is 4.90 Å². The minimum Gasteiger partial charge on any atom is -0.315 e. The van der Waals surface area contributed by atoms with E-state index in [1.165, 1.54) is 11.8 Å². The van der Waals surface area contributed by atoms with Crippen LogP contribution < -0.4 is 4.90 Å². The summed E-state index contributed by atoms with van der Waals surface area (Å²) in [6.07, 6.45) is 1.84. The number of aliphatic imine (C=N–C) groups is 1. The lowest BCUT2D eigenvalue weighted by atomic mass is 10.1. The van der Waals surface area contributed by atoms with Gasteiger partial charge in [-0.25, -0.2) is 8.42 Å². The van der Waals surface area contributed by atoms with E-state index in [0.717, 1.165) is 29.7 Å². The van der Waals surface area contributed by atoms with Crippen LogP contribution in [0.15, 0.2) is 23.2 Å². The first-order valence-electron chi connectivity index (χ1n) is 8.21. The predicted molar refractivity (Wildman–Crippen MR) is 97.4 cm³/mol. The maximum Gasteiger partial charge on any atom is 0.251 e. The highest BCUT2D eigenvalue weighted by atomic mass is 32.2. The van der Waals surface area contributed by atoms with Crippen molar-refractivity contribution in [2.45, 2.75) is 38.0 Å². The molecule has 1 aliphatic carbocycles. The third-order valence-electron chi connectivity index (χ3n) is 5.03. The zero-order valence-electron chi connectivity index (χ0n) is 13.7. The van der Waals surface area contributed by atoms with Gasteiger partial charge in [-0.1, -0.05) is 23.9 Å². The first-order valence-corrected chi connectivity index (χ1v) is 10.9. The van der Waals surface area contributed by atoms with Crippen molar-refractivity contribution in [3.63, 3.8) is 0 Å². The lowest BCUT2D eigenvalue weighted by Crippen LogP contribution is -2.38. The van der Waals surface area contributed by atoms with Gasteiger partial charge in [0, 0.05) is 16.9 Å². The standard InChI is InChI=1S/C17H20N2O3S2/c1-10-4-3-5-13(11(10)2)19-14-8-24(21,22)9-15(14)23-17(19)18-16(20)12-6-7-12/h3-5,12,14-15H,6-9H2,1-2H3/t14-,15+/m0/s1. The highest BCUT2D eigenvalue weighted by Crippen LogP contribution is 2.43. The van der Waals surface area contributed by atoms with Crippen molar-refractivity contribution >= 4 is 38.4 Å². The summed E-state index contributed by atoms with van der Waals surface area (Å²) in [6, 6.07) is 5.87. The van der Waals surface area contributed by atoms with Gasteiger partial charge in [-0.2, -0.15) is 4.99 Å². The molecule has 128 valence electrons. The molecule has 3 fully saturated rings. The molecular weight excluding hydrogens is 344 g/mol. The van der Waals surface area contributed by atoms with Crippen molar-refractivity contribution in [2.24, 2.45) is 10.9 Å². The molecule has 2 saturated heterocycles. The van der Waals surface area contributed by atoms with Gasteiger partial charge >= 0.3 is 0 Å². The number of benzene rings is 1. The van der Waals surface area contributed by atoms with Crippen LogP contribution in [-0.2, 0) is 14.6 Å². The lowest BCUT2D eigenvalue weighted by molar-refractivity contribution is -0.118. The number of anilines is 1. The molecule has 0 radical (unpaired) electrons. The second-order valence-corrected chi connectivity index (χ2v) is 10.3. The summed E-state index contributed by atoms with van der Waals surface area (Å²) in [5.41, 5.74) is 3.22. The molecule has 1 amide bonds. The molecule has 0 N–H and O–H groups in total. The molecule has 1 saturated carbocycles. The monoisotopic (exact) mass is 364 g/mol. The zero-order valence-corrected chi connectivity index (χ0v) is 15.4. The summed E-state index contributed by atoms with van der Waals surface area (Å²) in [5.74, 6) is 0.313. The number of amides is 1. The Kier molecular flexibility index (Phi) is 3.76. The Bertz CT molecular complexity index is 843. The van der Waals surface area contributed by atoms with E-state index in [-0.39, 0.29) is 34.6 Å². The van der Waals surface area contributed by atoms with E-state index in [1.54, 1.807) is 0 Å². The van der Waals surface area contributed by atoms with Gasteiger partial charge in [0.25, 0.3) is 5.91 Å². The van der Waals surface area contributed by atoms with E-state index >= 15 is 0 Å². The Morgan fingerprint density at radius 3 is 2.71 bits per heavy atom. The van der Waals surface area contributed by atoms with Crippen LogP contribution in [0.2, 0.25) is 0 Å². The fourth-order valence-electron chi connectivity index (χ4n) is 3.36. The predicted octanol–water partition coefficient (Wildman–Crippen LogP) is 2.31. The average molecular weight is 364 g/mol. The van der Waals surface area contributed by atoms with Crippen molar-refractivity contribution in [2.75, 3.05) is 16.4 Å². The first-order chi connectivity index (χ1) is 11.4. The molecule has 3 aliphatic rings. The number of sulfone groups is 1. The smallest absolute Gasteiger partial charge is 0.251 e. The molecule has 2 heterocycles. The third-order valence-corrected chi connectivity index (χ3v) is 8.24. The van der Waals surface area contributed by atoms with Crippen LogP contribution in [0.25, 0.3) is 0 Å². The summed E-state index contributed by atoms with van der Waals surface area (Å²) in [6.45, 7) is 4.07. The topological polar surface area (TPSA) is 66.8 Å². The molecule has 2 aliphatic heterocycles. The van der Waals surface area contributed by atoms with Gasteiger partial charge in [0.15, 0.2) is 15.0 Å². The number of rotatable bonds is 2. The van der Waals surface area contributed by atoms with E-state index in [1.807, 2.05) is 36.9 Å². The van der Waals surface area contributed by atoms with Gasteiger partial charge in [-0.3, -0.25) is 4.79 Å². The van der Waals surface area contributed by atoms with Gasteiger partial charge in [-0.15, -0.1) is 0 Å². The maximum atomic E-state index is 12.2. The number of nitrogens with zero attached hydrogens (tertiary/aromatic N) is 2. The molecule has 1 aromatic rings. The molecule has 24 heavy (non-hydrogen) atoms. The molecule has 2 atom stereocenters. The normalized spacial score (nSPS) is 29.9. The quantitative estimate of drug-likeness (QED) is 0.806. The van der Waals surface area contributed by atoms with E-state index in [4.69, 9.17) is 0 Å². The van der Waals surface area contributed by atoms with Gasteiger partial charge in [0.05, 0.1) is 17.5 Å². The van der Waals surface area contributed by atoms with Crippen LogP contribution >= 0.6 is 11.8 Å². The number of aryl methyl sites for hydroxylation is 1. The molecule has 7 heteroatoms. The summed E-state index contributed by atoms with van der Waals surface area (Å²) in [5, 5.41) is 0.631. The number of hydrogen-bond donors (Lipinski definition) is 0. The molecule has 0 unspecified atom stereocenters. The van der Waals surface area contributed by atoms with E-state index in [2.05, 4.69) is 4.99 Å². The second-order valence-electron chi connectivity index (χ2n) is 6.90. The minimum atomic E-state index is -3.03. The fourth-order valence-corrected chi connectivity index (χ4v) is 7.27. The Balaban J connectivity index is 1.77. The Labute approximate surface area is 146 Å². The lowest BCUT2D eigenvalue weighted by Gasteiger charge is -2.26. The van der Waals surface area contributed by atoms with E-state index in [9.17, 15) is 13.2 Å². The Morgan fingerprint density at radius 2 is 2.00 bits per heavy atom. The third kappa shape index (κ3) is 2.77. The van der Waals surface area contributed by atoms with Gasteiger partial charge in [0.1, 0.15) is 0 Å². The SMILES string of the molecule is Cc1cccc(N2C(=NC(=O)C3CC3)S[C@@H]3CS(=O)(=O)C[C@@H]32)c1C. The van der Waals surface area contributed by atoms with Gasteiger partial charge in [0.2, 0.25) is 0 Å². The largest absolute Gasteiger partial charge is 0.315 e. The van der Waals surface area contributed by atoms with Crippen LogP contribution in [-0.4, -0.2) is 42.3 Å². The highest BCUT2D eigenvalue weighted by molar-refractivity contribution is 8.16. The molecule has 0 aromatic heterocycles. The number of carbonyl (C=O) groups is 1. The van der Waals surface area contributed by atoms with Crippen molar-refractivity contribution < 1.29 is 13.2 Å². The van der Waals surface area contributed by atoms with Crippen molar-refractivity contribution in [1.29, 1.82) is 0 Å². The van der Waals surface area contributed by atoms with Crippen LogP contribution in [0.5, 0.6) is 0 Å². The highest BCUT2D eigenvalue weighted by Gasteiger charge is 2.50. The molecular formula is C17H20N2O3S2. The number of carbonyl (C=O) groups excluding carboxylic acids is 1. The van der Waals surface area contributed by atoms with E-state index < -0.39 is 9.84 Å². The maximum absolute atomic E-state index is 12.2. The summed E-state index contributed by atoms with van der Waals surface area (Å²) >= 11 is 1.45. The van der Waals surface area contributed by atoms with Crippen molar-refractivity contribution in [1.82, 2.24) is 0 Å². The fraction of sp³-hybridized carbons (Fsp3) is 0.529. The molecule has 0 spiro atoms. The second kappa shape index (κ2) is 5.59.